The third-order valence-electron chi connectivity index (χ3n) is 1.29. The summed E-state index contributed by atoms with van der Waals surface area (Å²) in [4.78, 5) is 11.0. The van der Waals surface area contributed by atoms with E-state index in [2.05, 4.69) is 30.9 Å². The molecule has 0 saturated carbocycles. The van der Waals surface area contributed by atoms with Crippen LogP contribution in [0.15, 0.2) is 23.2 Å². The van der Waals surface area contributed by atoms with Crippen molar-refractivity contribution in [2.24, 2.45) is 0 Å². The summed E-state index contributed by atoms with van der Waals surface area (Å²) >= 11 is 3.28. The SMILES string of the molecule is Brc1nccc2[nH]cnc12. The predicted octanol–water partition coefficient (Wildman–Crippen LogP) is 1.72. The van der Waals surface area contributed by atoms with Gasteiger partial charge in [0.2, 0.25) is 0 Å². The van der Waals surface area contributed by atoms with Crippen molar-refractivity contribution in [3.05, 3.63) is 23.2 Å². The van der Waals surface area contributed by atoms with Crippen LogP contribution in [0, 0.1) is 0 Å². The topological polar surface area (TPSA) is 41.6 Å². The van der Waals surface area contributed by atoms with Crippen LogP contribution in [0.3, 0.4) is 0 Å². The molecule has 0 spiro atoms. The molecule has 1 N–H and O–H groups in total. The number of halogens is 1. The van der Waals surface area contributed by atoms with E-state index in [1.165, 1.54) is 0 Å². The lowest BCUT2D eigenvalue weighted by Gasteiger charge is -1.87. The molecule has 2 rings (SSSR count). The molecule has 0 bridgehead atoms. The summed E-state index contributed by atoms with van der Waals surface area (Å²) in [6.45, 7) is 0. The largest absolute Gasteiger partial charge is 0.344 e. The Balaban J connectivity index is 2.95. The van der Waals surface area contributed by atoms with Crippen molar-refractivity contribution >= 4 is 27.0 Å². The van der Waals surface area contributed by atoms with Gasteiger partial charge in [-0.3, -0.25) is 0 Å². The summed E-state index contributed by atoms with van der Waals surface area (Å²) in [5.41, 5.74) is 1.88. The van der Waals surface area contributed by atoms with Crippen molar-refractivity contribution in [3.63, 3.8) is 0 Å². The van der Waals surface area contributed by atoms with Crippen molar-refractivity contribution in [1.29, 1.82) is 0 Å². The summed E-state index contributed by atoms with van der Waals surface area (Å²) in [5, 5.41) is 0. The molecule has 0 saturated heterocycles. The van der Waals surface area contributed by atoms with E-state index in [0.717, 1.165) is 15.6 Å². The van der Waals surface area contributed by atoms with Crippen LogP contribution in [0.1, 0.15) is 0 Å². The van der Waals surface area contributed by atoms with Crippen molar-refractivity contribution in [2.45, 2.75) is 0 Å². The van der Waals surface area contributed by atoms with E-state index >= 15 is 0 Å². The van der Waals surface area contributed by atoms with Gasteiger partial charge in [0.1, 0.15) is 10.1 Å². The van der Waals surface area contributed by atoms with Crippen LogP contribution in [0.25, 0.3) is 11.0 Å². The number of nitrogens with zero attached hydrogens (tertiary/aromatic N) is 2. The fraction of sp³-hybridized carbons (Fsp3) is 0. The first-order chi connectivity index (χ1) is 4.88. The molecule has 10 heavy (non-hydrogen) atoms. The lowest BCUT2D eigenvalue weighted by atomic mass is 10.4. The smallest absolute Gasteiger partial charge is 0.133 e. The zero-order valence-electron chi connectivity index (χ0n) is 5.00. The molecule has 0 radical (unpaired) electrons. The van der Waals surface area contributed by atoms with Gasteiger partial charge in [0.05, 0.1) is 11.8 Å². The van der Waals surface area contributed by atoms with Gasteiger partial charge in [0, 0.05) is 6.20 Å². The summed E-state index contributed by atoms with van der Waals surface area (Å²) in [6, 6.07) is 1.88. The van der Waals surface area contributed by atoms with Gasteiger partial charge in [-0.2, -0.15) is 0 Å². The second kappa shape index (κ2) is 2.05. The minimum atomic E-state index is 0.784. The molecule has 0 aliphatic carbocycles. The third kappa shape index (κ3) is 0.724. The Labute approximate surface area is 65.6 Å². The van der Waals surface area contributed by atoms with Crippen LogP contribution in [0.4, 0.5) is 0 Å². The average Bonchev–Trinajstić information content (AvgIpc) is 2.36. The Kier molecular flexibility index (Phi) is 1.20. The van der Waals surface area contributed by atoms with Crippen molar-refractivity contribution in [1.82, 2.24) is 15.0 Å². The zero-order valence-corrected chi connectivity index (χ0v) is 6.59. The molecule has 2 aromatic heterocycles. The normalized spacial score (nSPS) is 10.5. The van der Waals surface area contributed by atoms with E-state index < -0.39 is 0 Å². The van der Waals surface area contributed by atoms with Crippen LogP contribution < -0.4 is 0 Å². The monoisotopic (exact) mass is 197 g/mol. The van der Waals surface area contributed by atoms with E-state index in [1.807, 2.05) is 6.07 Å². The Bertz CT molecular complexity index is 355. The summed E-state index contributed by atoms with van der Waals surface area (Å²) in [7, 11) is 0. The molecular weight excluding hydrogens is 194 g/mol. The van der Waals surface area contributed by atoms with E-state index in [1.54, 1.807) is 12.5 Å². The maximum atomic E-state index is 4.05. The Morgan fingerprint density at radius 2 is 2.30 bits per heavy atom. The maximum absolute atomic E-state index is 4.05. The van der Waals surface area contributed by atoms with Crippen molar-refractivity contribution < 1.29 is 0 Å². The van der Waals surface area contributed by atoms with Gasteiger partial charge in [-0.1, -0.05) is 0 Å². The molecule has 0 aromatic carbocycles. The van der Waals surface area contributed by atoms with Crippen LogP contribution in [0.2, 0.25) is 0 Å². The fourth-order valence-electron chi connectivity index (χ4n) is 0.834. The molecule has 2 aromatic rings. The number of pyridine rings is 1. The number of imidazole rings is 1. The van der Waals surface area contributed by atoms with Gasteiger partial charge in [-0.15, -0.1) is 0 Å². The molecule has 50 valence electrons. The standard InChI is InChI=1S/C6H4BrN3/c7-6-5-4(1-2-8-6)9-3-10-5/h1-3H,(H,9,10). The maximum Gasteiger partial charge on any atom is 0.133 e. The lowest BCUT2D eigenvalue weighted by Crippen LogP contribution is -1.75. The molecule has 0 fully saturated rings. The molecule has 0 amide bonds. The highest BCUT2D eigenvalue weighted by Gasteiger charge is 1.98. The highest BCUT2D eigenvalue weighted by atomic mass is 79.9. The predicted molar refractivity (Wildman–Crippen MR) is 41.6 cm³/mol. The second-order valence-electron chi connectivity index (χ2n) is 1.90. The van der Waals surface area contributed by atoms with Gasteiger partial charge in [-0.25, -0.2) is 9.97 Å². The molecule has 2 heterocycles. The van der Waals surface area contributed by atoms with Crippen LogP contribution >= 0.6 is 15.9 Å². The zero-order chi connectivity index (χ0) is 6.97. The Morgan fingerprint density at radius 1 is 1.40 bits per heavy atom. The third-order valence-corrected chi connectivity index (χ3v) is 1.87. The van der Waals surface area contributed by atoms with Crippen LogP contribution in [0.5, 0.6) is 0 Å². The number of hydrogen-bond donors (Lipinski definition) is 1. The quantitative estimate of drug-likeness (QED) is 0.654. The molecular formula is C6H4BrN3. The van der Waals surface area contributed by atoms with Crippen LogP contribution in [-0.2, 0) is 0 Å². The second-order valence-corrected chi connectivity index (χ2v) is 2.65. The van der Waals surface area contributed by atoms with E-state index in [9.17, 15) is 0 Å². The molecule has 0 unspecified atom stereocenters. The lowest BCUT2D eigenvalue weighted by molar-refractivity contribution is 1.29. The number of aromatic amines is 1. The van der Waals surface area contributed by atoms with Gasteiger partial charge in [-0.05, 0) is 22.0 Å². The molecule has 0 aliphatic rings. The number of nitrogens with one attached hydrogen (secondary N) is 1. The highest BCUT2D eigenvalue weighted by molar-refractivity contribution is 9.10. The highest BCUT2D eigenvalue weighted by Crippen LogP contribution is 2.16. The summed E-state index contributed by atoms with van der Waals surface area (Å²) < 4.78 is 0.784. The molecule has 0 aliphatic heterocycles. The number of hydrogen-bond acceptors (Lipinski definition) is 2. The molecule has 0 atom stereocenters. The van der Waals surface area contributed by atoms with E-state index in [-0.39, 0.29) is 0 Å². The number of H-pyrrole nitrogens is 1. The minimum absolute atomic E-state index is 0.784. The molecule has 4 heteroatoms. The molecule has 3 nitrogen and oxygen atoms in total. The Hall–Kier alpha value is -0.900. The number of fused-ring (bicyclic) bond motifs is 1. The number of rotatable bonds is 0. The summed E-state index contributed by atoms with van der Waals surface area (Å²) in [6.07, 6.45) is 3.38. The van der Waals surface area contributed by atoms with Crippen LogP contribution in [-0.4, -0.2) is 15.0 Å². The number of aromatic nitrogens is 3. The van der Waals surface area contributed by atoms with Gasteiger partial charge in [0.25, 0.3) is 0 Å². The first-order valence-electron chi connectivity index (χ1n) is 2.81. The van der Waals surface area contributed by atoms with E-state index in [0.29, 0.717) is 0 Å². The van der Waals surface area contributed by atoms with Crippen molar-refractivity contribution in [3.8, 4) is 0 Å². The van der Waals surface area contributed by atoms with Crippen molar-refractivity contribution in [2.75, 3.05) is 0 Å². The first kappa shape index (κ1) is 5.85. The van der Waals surface area contributed by atoms with Gasteiger partial charge < -0.3 is 4.98 Å². The van der Waals surface area contributed by atoms with E-state index in [4.69, 9.17) is 0 Å². The Morgan fingerprint density at radius 3 is 3.10 bits per heavy atom. The van der Waals surface area contributed by atoms with Gasteiger partial charge >= 0.3 is 0 Å². The average molecular weight is 198 g/mol. The summed E-state index contributed by atoms with van der Waals surface area (Å²) in [5.74, 6) is 0. The fourth-order valence-corrected chi connectivity index (χ4v) is 1.27. The van der Waals surface area contributed by atoms with Gasteiger partial charge in [0.15, 0.2) is 0 Å². The minimum Gasteiger partial charge on any atom is -0.344 e. The first-order valence-corrected chi connectivity index (χ1v) is 3.61.